The fourth-order valence-electron chi connectivity index (χ4n) is 0.937. The number of hydrogen-bond acceptors (Lipinski definition) is 4. The Hall–Kier alpha value is 0.372. The Morgan fingerprint density at radius 2 is 1.00 bits per heavy atom. The zero-order chi connectivity index (χ0) is 8.31. The Bertz CT molecular complexity index is 78.8. The van der Waals surface area contributed by atoms with Gasteiger partial charge in [-0.05, 0) is 20.8 Å². The molecule has 0 saturated heterocycles. The summed E-state index contributed by atoms with van der Waals surface area (Å²) in [5, 5.41) is 26.9. The molecule has 0 fully saturated rings. The van der Waals surface area contributed by atoms with Crippen molar-refractivity contribution in [1.82, 2.24) is 4.90 Å². The van der Waals surface area contributed by atoms with E-state index in [-0.39, 0.29) is 17.4 Å². The van der Waals surface area contributed by atoms with Crippen LogP contribution >= 0.6 is 0 Å². The van der Waals surface area contributed by atoms with Crippen molar-refractivity contribution >= 4 is 17.4 Å². The number of hydrogen-bond donors (Lipinski definition) is 3. The molecular formula is C6H18AlNO3. The molecule has 0 rings (SSSR count). The van der Waals surface area contributed by atoms with Gasteiger partial charge in [0.1, 0.15) is 18.7 Å². The van der Waals surface area contributed by atoms with Gasteiger partial charge < -0.3 is 15.3 Å². The van der Waals surface area contributed by atoms with Gasteiger partial charge in [0.2, 0.25) is 0 Å². The van der Waals surface area contributed by atoms with Crippen molar-refractivity contribution in [1.29, 1.82) is 0 Å². The molecule has 4 nitrogen and oxygen atoms in total. The molecule has 5 heteroatoms. The monoisotopic (exact) mass is 179 g/mol. The normalized spacial score (nSPS) is 18.8. The lowest BCUT2D eigenvalue weighted by Crippen LogP contribution is -2.45. The molecule has 0 bridgehead atoms. The van der Waals surface area contributed by atoms with E-state index in [1.807, 2.05) is 0 Å². The molecule has 3 atom stereocenters. The predicted molar refractivity (Wildman–Crippen MR) is 46.8 cm³/mol. The smallest absolute Gasteiger partial charge is 0.187 e. The van der Waals surface area contributed by atoms with Crippen molar-refractivity contribution < 1.29 is 15.3 Å². The zero-order valence-electron chi connectivity index (χ0n) is 6.52. The minimum absolute atomic E-state index is 0. The first-order chi connectivity index (χ1) is 4.46. The lowest BCUT2D eigenvalue weighted by molar-refractivity contribution is -0.159. The van der Waals surface area contributed by atoms with E-state index in [0.29, 0.717) is 0 Å². The summed E-state index contributed by atoms with van der Waals surface area (Å²) in [6.45, 7) is 4.46. The van der Waals surface area contributed by atoms with Crippen LogP contribution < -0.4 is 0 Å². The molecule has 68 valence electrons. The lowest BCUT2D eigenvalue weighted by Gasteiger charge is -2.30. The van der Waals surface area contributed by atoms with Gasteiger partial charge in [-0.15, -0.1) is 0 Å². The quantitative estimate of drug-likeness (QED) is 0.350. The van der Waals surface area contributed by atoms with E-state index in [9.17, 15) is 0 Å². The molecule has 0 aliphatic rings. The van der Waals surface area contributed by atoms with Crippen molar-refractivity contribution in [2.24, 2.45) is 0 Å². The van der Waals surface area contributed by atoms with E-state index in [2.05, 4.69) is 0 Å². The summed E-state index contributed by atoms with van der Waals surface area (Å²) in [5.74, 6) is 0. The van der Waals surface area contributed by atoms with E-state index >= 15 is 0 Å². The molecule has 0 aromatic rings. The third-order valence-corrected chi connectivity index (χ3v) is 1.29. The Morgan fingerprint density at radius 3 is 1.00 bits per heavy atom. The molecule has 0 aromatic carbocycles. The minimum Gasteiger partial charge on any atom is -0.379 e. The van der Waals surface area contributed by atoms with Crippen LogP contribution in [0.2, 0.25) is 0 Å². The van der Waals surface area contributed by atoms with Crippen LogP contribution in [-0.4, -0.2) is 56.3 Å². The van der Waals surface area contributed by atoms with Crippen molar-refractivity contribution in [2.45, 2.75) is 39.5 Å². The topological polar surface area (TPSA) is 63.9 Å². The minimum atomic E-state index is -0.833. The van der Waals surface area contributed by atoms with Crippen LogP contribution in [0.1, 0.15) is 20.8 Å². The van der Waals surface area contributed by atoms with Gasteiger partial charge in [-0.2, -0.15) is 0 Å². The maximum absolute atomic E-state index is 8.96. The Morgan fingerprint density at radius 1 is 0.818 bits per heavy atom. The van der Waals surface area contributed by atoms with E-state index in [0.717, 1.165) is 0 Å². The number of aliphatic hydroxyl groups excluding tert-OH is 3. The van der Waals surface area contributed by atoms with Crippen LogP contribution in [0.5, 0.6) is 0 Å². The van der Waals surface area contributed by atoms with Crippen LogP contribution in [0.25, 0.3) is 0 Å². The first-order valence-electron chi connectivity index (χ1n) is 3.28. The van der Waals surface area contributed by atoms with E-state index in [4.69, 9.17) is 15.3 Å². The maximum Gasteiger partial charge on any atom is 0.187 e. The summed E-state index contributed by atoms with van der Waals surface area (Å²) < 4.78 is 0. The van der Waals surface area contributed by atoms with Crippen molar-refractivity contribution in [3.8, 4) is 0 Å². The second kappa shape index (κ2) is 5.95. The summed E-state index contributed by atoms with van der Waals surface area (Å²) in [4.78, 5) is 1.17. The fourth-order valence-corrected chi connectivity index (χ4v) is 0.937. The maximum atomic E-state index is 8.96. The second-order valence-corrected chi connectivity index (χ2v) is 2.34. The number of aliphatic hydroxyl groups is 3. The third-order valence-electron chi connectivity index (χ3n) is 1.29. The highest BCUT2D eigenvalue weighted by Crippen LogP contribution is 2.04. The van der Waals surface area contributed by atoms with Crippen LogP contribution in [0, 0.1) is 0 Å². The summed E-state index contributed by atoms with van der Waals surface area (Å²) >= 11 is 0. The standard InChI is InChI=1S/C6H15NO3.Al.3H/c1-4(8)7(5(2)9)6(3)10;;;;/h4-6,8-10H,1-3H3;;;;. The molecule has 0 radical (unpaired) electrons. The van der Waals surface area contributed by atoms with Crippen LogP contribution in [0.3, 0.4) is 0 Å². The second-order valence-electron chi connectivity index (χ2n) is 2.34. The fraction of sp³-hybridized carbons (Fsp3) is 1.00. The average molecular weight is 179 g/mol. The highest BCUT2D eigenvalue weighted by atomic mass is 27.0. The third kappa shape index (κ3) is 4.75. The Balaban J connectivity index is 0. The first-order valence-corrected chi connectivity index (χ1v) is 3.28. The molecule has 3 N–H and O–H groups in total. The van der Waals surface area contributed by atoms with E-state index in [1.54, 1.807) is 0 Å². The van der Waals surface area contributed by atoms with Crippen molar-refractivity contribution in [3.05, 3.63) is 0 Å². The van der Waals surface area contributed by atoms with Gasteiger partial charge in [-0.1, -0.05) is 0 Å². The molecule has 0 aromatic heterocycles. The van der Waals surface area contributed by atoms with E-state index < -0.39 is 18.7 Å². The summed E-state index contributed by atoms with van der Waals surface area (Å²) in [7, 11) is 0. The highest BCUT2D eigenvalue weighted by Gasteiger charge is 2.19. The molecule has 0 spiro atoms. The van der Waals surface area contributed by atoms with Crippen LogP contribution in [-0.2, 0) is 0 Å². The summed E-state index contributed by atoms with van der Waals surface area (Å²) in [6.07, 6.45) is -2.50. The highest BCUT2D eigenvalue weighted by molar-refractivity contribution is 5.75. The Kier molecular flexibility index (Phi) is 7.54. The zero-order valence-corrected chi connectivity index (χ0v) is 6.52. The molecule has 3 unspecified atom stereocenters. The van der Waals surface area contributed by atoms with Crippen molar-refractivity contribution in [3.63, 3.8) is 0 Å². The predicted octanol–water partition coefficient (Wildman–Crippen LogP) is -1.88. The number of rotatable bonds is 3. The van der Waals surface area contributed by atoms with Crippen LogP contribution in [0.15, 0.2) is 0 Å². The molecule has 0 aliphatic carbocycles. The number of nitrogens with zero attached hydrogens (tertiary/aromatic N) is 1. The van der Waals surface area contributed by atoms with Gasteiger partial charge in [0.25, 0.3) is 0 Å². The molecule has 11 heavy (non-hydrogen) atoms. The largest absolute Gasteiger partial charge is 0.379 e. The SMILES string of the molecule is CC(O)N(C(C)O)C(C)O.[AlH3]. The first kappa shape index (κ1) is 13.9. The van der Waals surface area contributed by atoms with E-state index in [1.165, 1.54) is 25.7 Å². The van der Waals surface area contributed by atoms with Crippen LogP contribution in [0.4, 0.5) is 0 Å². The van der Waals surface area contributed by atoms with Gasteiger partial charge in [0.05, 0.1) is 0 Å². The van der Waals surface area contributed by atoms with Gasteiger partial charge in [0.15, 0.2) is 17.4 Å². The average Bonchev–Trinajstić information content (AvgIpc) is 1.59. The van der Waals surface area contributed by atoms with Gasteiger partial charge in [-0.3, -0.25) is 0 Å². The van der Waals surface area contributed by atoms with Gasteiger partial charge in [-0.25, -0.2) is 4.90 Å². The molecular weight excluding hydrogens is 161 g/mol. The molecule has 0 aliphatic heterocycles. The lowest BCUT2D eigenvalue weighted by atomic mass is 10.4. The van der Waals surface area contributed by atoms with Crippen molar-refractivity contribution in [2.75, 3.05) is 0 Å². The Labute approximate surface area is 77.6 Å². The van der Waals surface area contributed by atoms with Gasteiger partial charge >= 0.3 is 0 Å². The molecule has 0 amide bonds. The summed E-state index contributed by atoms with van der Waals surface area (Å²) in [6, 6.07) is 0. The molecule has 0 saturated carbocycles. The molecule has 0 heterocycles. The van der Waals surface area contributed by atoms with Gasteiger partial charge in [0, 0.05) is 0 Å². The summed E-state index contributed by atoms with van der Waals surface area (Å²) in [5.41, 5.74) is 0.